The number of hydrogen-bond acceptors (Lipinski definition) is 4. The second-order valence-electron chi connectivity index (χ2n) is 8.46. The van der Waals surface area contributed by atoms with Gasteiger partial charge in [-0.3, -0.25) is 9.69 Å². The molecule has 0 saturated carbocycles. The summed E-state index contributed by atoms with van der Waals surface area (Å²) in [7, 11) is 0. The highest BCUT2D eigenvalue weighted by atomic mass is 16.5. The Morgan fingerprint density at radius 1 is 0.812 bits per heavy atom. The molecule has 1 aliphatic rings. The first-order chi connectivity index (χ1) is 15.8. The Hall–Kier alpha value is -2.89. The summed E-state index contributed by atoms with van der Waals surface area (Å²) in [6, 6.07) is 24.7. The molecule has 4 rings (SSSR count). The molecule has 1 fully saturated rings. The summed E-state index contributed by atoms with van der Waals surface area (Å²) >= 11 is 0. The summed E-state index contributed by atoms with van der Waals surface area (Å²) in [5.74, 6) is 0.665. The van der Waals surface area contributed by atoms with Crippen molar-refractivity contribution in [2.75, 3.05) is 45.9 Å². The fourth-order valence-electron chi connectivity index (χ4n) is 4.16. The molecule has 5 heteroatoms. The third-order valence-corrected chi connectivity index (χ3v) is 6.03. The average Bonchev–Trinajstić information content (AvgIpc) is 2.84. The second-order valence-corrected chi connectivity index (χ2v) is 8.46. The van der Waals surface area contributed by atoms with Crippen molar-refractivity contribution in [2.24, 2.45) is 0 Å². The number of hydrogen-bond donors (Lipinski definition) is 1. The van der Waals surface area contributed by atoms with Gasteiger partial charge < -0.3 is 15.0 Å². The van der Waals surface area contributed by atoms with E-state index in [0.717, 1.165) is 63.2 Å². The Morgan fingerprint density at radius 3 is 2.34 bits per heavy atom. The molecule has 0 aromatic heterocycles. The third-order valence-electron chi connectivity index (χ3n) is 6.03. The van der Waals surface area contributed by atoms with E-state index < -0.39 is 0 Å². The lowest BCUT2D eigenvalue weighted by Crippen LogP contribution is -2.46. The molecular formula is C27H33N3O2. The van der Waals surface area contributed by atoms with Gasteiger partial charge in [-0.2, -0.15) is 0 Å². The molecule has 5 nitrogen and oxygen atoms in total. The van der Waals surface area contributed by atoms with Crippen LogP contribution < -0.4 is 10.1 Å². The molecule has 0 spiro atoms. The lowest BCUT2D eigenvalue weighted by molar-refractivity contribution is -0.123. The normalized spacial score (nSPS) is 15.0. The summed E-state index contributed by atoms with van der Waals surface area (Å²) in [6.07, 6.45) is 2.09. The molecule has 0 radical (unpaired) electrons. The summed E-state index contributed by atoms with van der Waals surface area (Å²) < 4.78 is 5.66. The van der Waals surface area contributed by atoms with Gasteiger partial charge >= 0.3 is 0 Å². The van der Waals surface area contributed by atoms with Crippen molar-refractivity contribution in [3.8, 4) is 5.75 Å². The molecule has 1 saturated heterocycles. The zero-order chi connectivity index (χ0) is 22.0. The molecule has 3 aromatic carbocycles. The smallest absolute Gasteiger partial charge is 0.257 e. The average molecular weight is 432 g/mol. The fourth-order valence-corrected chi connectivity index (χ4v) is 4.16. The van der Waals surface area contributed by atoms with Crippen LogP contribution in [-0.4, -0.2) is 61.6 Å². The molecule has 1 amide bonds. The van der Waals surface area contributed by atoms with Crippen molar-refractivity contribution in [3.63, 3.8) is 0 Å². The summed E-state index contributed by atoms with van der Waals surface area (Å²) in [5.41, 5.74) is 1.39. The van der Waals surface area contributed by atoms with Crippen molar-refractivity contribution >= 4 is 16.7 Å². The Kier molecular flexibility index (Phi) is 8.12. The van der Waals surface area contributed by atoms with Crippen LogP contribution in [0.15, 0.2) is 72.8 Å². The van der Waals surface area contributed by atoms with Gasteiger partial charge in [-0.05, 0) is 47.9 Å². The van der Waals surface area contributed by atoms with Crippen molar-refractivity contribution in [1.29, 1.82) is 0 Å². The zero-order valence-electron chi connectivity index (χ0n) is 18.7. The second kappa shape index (κ2) is 11.7. The first kappa shape index (κ1) is 22.3. The maximum absolute atomic E-state index is 12.1. The van der Waals surface area contributed by atoms with Crippen LogP contribution in [0.25, 0.3) is 10.8 Å². The van der Waals surface area contributed by atoms with E-state index in [2.05, 4.69) is 51.5 Å². The number of amides is 1. The Bertz CT molecular complexity index is 984. The lowest BCUT2D eigenvalue weighted by atomic mass is 10.1. The fraction of sp³-hybridized carbons (Fsp3) is 0.370. The Balaban J connectivity index is 1.05. The molecular weight excluding hydrogens is 398 g/mol. The standard InChI is InChI=1S/C27H33N3O2/c31-27(22-32-26-13-12-24-10-4-5-11-25(24)20-26)28-14-6-7-15-29-16-18-30(19-17-29)21-23-8-2-1-3-9-23/h1-5,8-13,20H,6-7,14-19,21-22H2,(H,28,31). The number of carbonyl (C=O) groups excluding carboxylic acids is 1. The Labute approximate surface area is 191 Å². The van der Waals surface area contributed by atoms with Crippen LogP contribution in [0.1, 0.15) is 18.4 Å². The van der Waals surface area contributed by atoms with E-state index in [-0.39, 0.29) is 12.5 Å². The van der Waals surface area contributed by atoms with Crippen LogP contribution in [0.4, 0.5) is 0 Å². The molecule has 32 heavy (non-hydrogen) atoms. The molecule has 0 aliphatic carbocycles. The number of ether oxygens (including phenoxy) is 1. The van der Waals surface area contributed by atoms with E-state index in [1.54, 1.807) is 0 Å². The highest BCUT2D eigenvalue weighted by Crippen LogP contribution is 2.20. The van der Waals surface area contributed by atoms with E-state index in [1.165, 1.54) is 10.9 Å². The van der Waals surface area contributed by atoms with Crippen LogP contribution >= 0.6 is 0 Å². The quantitative estimate of drug-likeness (QED) is 0.494. The summed E-state index contributed by atoms with van der Waals surface area (Å²) in [6.45, 7) is 7.40. The van der Waals surface area contributed by atoms with Gasteiger partial charge in [0.1, 0.15) is 5.75 Å². The summed E-state index contributed by atoms with van der Waals surface area (Å²) in [4.78, 5) is 17.1. The van der Waals surface area contributed by atoms with Crippen LogP contribution in [-0.2, 0) is 11.3 Å². The van der Waals surface area contributed by atoms with E-state index in [0.29, 0.717) is 6.54 Å². The van der Waals surface area contributed by atoms with Crippen LogP contribution in [0, 0.1) is 0 Å². The number of nitrogens with one attached hydrogen (secondary N) is 1. The van der Waals surface area contributed by atoms with Gasteiger partial charge in [0.2, 0.25) is 0 Å². The SMILES string of the molecule is O=C(COc1ccc2ccccc2c1)NCCCCN1CCN(Cc2ccccc2)CC1. The molecule has 168 valence electrons. The van der Waals surface area contributed by atoms with Crippen LogP contribution in [0.2, 0.25) is 0 Å². The molecule has 3 aromatic rings. The lowest BCUT2D eigenvalue weighted by Gasteiger charge is -2.34. The zero-order valence-corrected chi connectivity index (χ0v) is 18.7. The number of piperazine rings is 1. The molecule has 1 aliphatic heterocycles. The third kappa shape index (κ3) is 6.81. The molecule has 1 heterocycles. The van der Waals surface area contributed by atoms with Crippen LogP contribution in [0.5, 0.6) is 5.75 Å². The van der Waals surface area contributed by atoms with Gasteiger partial charge in [-0.1, -0.05) is 60.7 Å². The predicted octanol–water partition coefficient (Wildman–Crippen LogP) is 3.93. The molecule has 0 atom stereocenters. The van der Waals surface area contributed by atoms with Gasteiger partial charge in [0, 0.05) is 39.3 Å². The van der Waals surface area contributed by atoms with E-state index in [9.17, 15) is 4.79 Å². The van der Waals surface area contributed by atoms with Crippen molar-refractivity contribution < 1.29 is 9.53 Å². The van der Waals surface area contributed by atoms with E-state index >= 15 is 0 Å². The molecule has 0 bridgehead atoms. The number of rotatable bonds is 10. The minimum Gasteiger partial charge on any atom is -0.484 e. The Morgan fingerprint density at radius 2 is 1.53 bits per heavy atom. The molecule has 0 unspecified atom stereocenters. The largest absolute Gasteiger partial charge is 0.484 e. The highest BCUT2D eigenvalue weighted by molar-refractivity contribution is 5.84. The van der Waals surface area contributed by atoms with Gasteiger partial charge in [0.05, 0.1) is 0 Å². The van der Waals surface area contributed by atoms with Crippen molar-refractivity contribution in [3.05, 3.63) is 78.4 Å². The number of unbranched alkanes of at least 4 members (excludes halogenated alkanes) is 1. The number of benzene rings is 3. The number of fused-ring (bicyclic) bond motifs is 1. The number of nitrogens with zero attached hydrogens (tertiary/aromatic N) is 2. The number of carbonyl (C=O) groups is 1. The van der Waals surface area contributed by atoms with Crippen molar-refractivity contribution in [1.82, 2.24) is 15.1 Å². The van der Waals surface area contributed by atoms with Gasteiger partial charge in [-0.15, -0.1) is 0 Å². The minimum absolute atomic E-state index is 0.0573. The van der Waals surface area contributed by atoms with E-state index in [4.69, 9.17) is 4.74 Å². The van der Waals surface area contributed by atoms with Gasteiger partial charge in [0.25, 0.3) is 5.91 Å². The predicted molar refractivity (Wildman–Crippen MR) is 130 cm³/mol. The topological polar surface area (TPSA) is 44.8 Å². The van der Waals surface area contributed by atoms with Gasteiger partial charge in [0.15, 0.2) is 6.61 Å². The first-order valence-corrected chi connectivity index (χ1v) is 11.6. The molecule has 1 N–H and O–H groups in total. The monoisotopic (exact) mass is 431 g/mol. The van der Waals surface area contributed by atoms with Crippen molar-refractivity contribution in [2.45, 2.75) is 19.4 Å². The maximum Gasteiger partial charge on any atom is 0.257 e. The van der Waals surface area contributed by atoms with Gasteiger partial charge in [-0.25, -0.2) is 0 Å². The van der Waals surface area contributed by atoms with E-state index in [1.807, 2.05) is 36.4 Å². The maximum atomic E-state index is 12.1. The highest BCUT2D eigenvalue weighted by Gasteiger charge is 2.16. The summed E-state index contributed by atoms with van der Waals surface area (Å²) in [5, 5.41) is 5.26. The van der Waals surface area contributed by atoms with Crippen LogP contribution in [0.3, 0.4) is 0 Å². The minimum atomic E-state index is -0.0623. The first-order valence-electron chi connectivity index (χ1n) is 11.6.